The third-order valence-electron chi connectivity index (χ3n) is 1.42. The van der Waals surface area contributed by atoms with Gasteiger partial charge in [0.25, 0.3) is 0 Å². The first-order valence-electron chi connectivity index (χ1n) is 3.04. The Balaban J connectivity index is 2.57. The number of hydrogen-bond donors (Lipinski definition) is 2. The van der Waals surface area contributed by atoms with E-state index in [9.17, 15) is 4.79 Å². The van der Waals surface area contributed by atoms with Crippen molar-refractivity contribution in [3.63, 3.8) is 0 Å². The lowest BCUT2D eigenvalue weighted by molar-refractivity contribution is -0.647. The summed E-state index contributed by atoms with van der Waals surface area (Å²) in [7, 11) is 0. The van der Waals surface area contributed by atoms with Crippen LogP contribution in [0.4, 0.5) is 0 Å². The Hall–Kier alpha value is -0.830. The first-order chi connectivity index (χ1) is 4.30. The molecule has 0 saturated heterocycles. The van der Waals surface area contributed by atoms with E-state index in [0.717, 1.165) is 13.1 Å². The molecule has 1 aliphatic heterocycles. The van der Waals surface area contributed by atoms with Crippen molar-refractivity contribution in [3.05, 3.63) is 11.6 Å². The zero-order chi connectivity index (χ0) is 6.69. The van der Waals surface area contributed by atoms with Crippen molar-refractivity contribution in [3.8, 4) is 0 Å². The minimum Gasteiger partial charge on any atom is -0.478 e. The molecule has 1 heterocycles. The molecule has 0 spiro atoms. The molecule has 0 radical (unpaired) electrons. The van der Waals surface area contributed by atoms with E-state index in [-0.39, 0.29) is 0 Å². The molecule has 0 bridgehead atoms. The average molecular weight is 128 g/mol. The lowest BCUT2D eigenvalue weighted by atomic mass is 10.1. The zero-order valence-corrected chi connectivity index (χ0v) is 5.13. The second-order valence-electron chi connectivity index (χ2n) is 2.10. The molecule has 3 heteroatoms. The quantitative estimate of drug-likeness (QED) is 0.474. The van der Waals surface area contributed by atoms with Crippen LogP contribution >= 0.6 is 0 Å². The highest BCUT2D eigenvalue weighted by Gasteiger charge is 2.10. The summed E-state index contributed by atoms with van der Waals surface area (Å²) < 4.78 is 0. The monoisotopic (exact) mass is 128 g/mol. The van der Waals surface area contributed by atoms with E-state index in [1.165, 1.54) is 0 Å². The predicted octanol–water partition coefficient (Wildman–Crippen LogP) is -1.04. The van der Waals surface area contributed by atoms with Crippen LogP contribution in [0.2, 0.25) is 0 Å². The van der Waals surface area contributed by atoms with Gasteiger partial charge in [-0.2, -0.15) is 0 Å². The molecule has 0 aliphatic carbocycles. The van der Waals surface area contributed by atoms with Crippen molar-refractivity contribution in [1.29, 1.82) is 0 Å². The molecule has 0 aromatic carbocycles. The Bertz CT molecular complexity index is 151. The number of nitrogens with two attached hydrogens (primary N) is 1. The highest BCUT2D eigenvalue weighted by Crippen LogP contribution is 1.99. The van der Waals surface area contributed by atoms with Gasteiger partial charge in [-0.3, -0.25) is 0 Å². The number of quaternary nitrogens is 1. The second kappa shape index (κ2) is 2.64. The molecule has 1 aliphatic rings. The van der Waals surface area contributed by atoms with E-state index in [1.54, 1.807) is 6.08 Å². The van der Waals surface area contributed by atoms with E-state index in [4.69, 9.17) is 5.11 Å². The van der Waals surface area contributed by atoms with Gasteiger partial charge in [0.2, 0.25) is 0 Å². The number of hydrogen-bond acceptors (Lipinski definition) is 1. The summed E-state index contributed by atoms with van der Waals surface area (Å²) in [5, 5.41) is 10.5. The van der Waals surface area contributed by atoms with Crippen LogP contribution in [0.15, 0.2) is 11.6 Å². The fourth-order valence-electron chi connectivity index (χ4n) is 0.897. The molecule has 0 fully saturated rings. The molecule has 3 nitrogen and oxygen atoms in total. The Morgan fingerprint density at radius 1 is 1.78 bits per heavy atom. The molecule has 0 amide bonds. The summed E-state index contributed by atoms with van der Waals surface area (Å²) in [4.78, 5) is 10.3. The van der Waals surface area contributed by atoms with Gasteiger partial charge < -0.3 is 10.4 Å². The Labute approximate surface area is 53.4 Å². The summed E-state index contributed by atoms with van der Waals surface area (Å²) in [5.74, 6) is -0.761. The SMILES string of the molecule is O=C(O)C1=CC[NH2+]CC1. The van der Waals surface area contributed by atoms with Gasteiger partial charge in [-0.1, -0.05) is 0 Å². The standard InChI is InChI=1S/C6H9NO2/c8-6(9)5-1-3-7-4-2-5/h1,7H,2-4H2,(H,8,9)/p+1. The van der Waals surface area contributed by atoms with Crippen LogP contribution in [0.25, 0.3) is 0 Å². The number of aliphatic carboxylic acids is 1. The third-order valence-corrected chi connectivity index (χ3v) is 1.42. The molecular weight excluding hydrogens is 118 g/mol. The molecular formula is C6H10NO2+. The summed E-state index contributed by atoms with van der Waals surface area (Å²) in [5.41, 5.74) is 0.567. The van der Waals surface area contributed by atoms with Gasteiger partial charge >= 0.3 is 5.97 Å². The normalized spacial score (nSPS) is 18.9. The van der Waals surface area contributed by atoms with E-state index >= 15 is 0 Å². The van der Waals surface area contributed by atoms with E-state index < -0.39 is 5.97 Å². The first-order valence-corrected chi connectivity index (χ1v) is 3.04. The van der Waals surface area contributed by atoms with Crippen molar-refractivity contribution < 1.29 is 15.2 Å². The molecule has 0 saturated carbocycles. The van der Waals surface area contributed by atoms with Crippen LogP contribution in [0.5, 0.6) is 0 Å². The van der Waals surface area contributed by atoms with Crippen molar-refractivity contribution in [2.24, 2.45) is 0 Å². The maximum absolute atomic E-state index is 10.3. The topological polar surface area (TPSA) is 53.9 Å². The summed E-state index contributed by atoms with van der Waals surface area (Å²) in [6.45, 7) is 1.74. The van der Waals surface area contributed by atoms with Crippen LogP contribution in [-0.2, 0) is 4.79 Å². The fourth-order valence-corrected chi connectivity index (χ4v) is 0.897. The smallest absolute Gasteiger partial charge is 0.331 e. The number of carboxylic acids is 1. The van der Waals surface area contributed by atoms with Gasteiger partial charge in [0.15, 0.2) is 0 Å². The van der Waals surface area contributed by atoms with Crippen LogP contribution in [0.1, 0.15) is 6.42 Å². The Morgan fingerprint density at radius 2 is 2.56 bits per heavy atom. The molecule has 50 valence electrons. The van der Waals surface area contributed by atoms with E-state index in [1.807, 2.05) is 0 Å². The maximum Gasteiger partial charge on any atom is 0.331 e. The van der Waals surface area contributed by atoms with Gasteiger partial charge in [-0.05, 0) is 6.08 Å². The van der Waals surface area contributed by atoms with Crippen molar-refractivity contribution in [2.45, 2.75) is 6.42 Å². The lowest BCUT2D eigenvalue weighted by Crippen LogP contribution is -2.85. The molecule has 0 aromatic heterocycles. The van der Waals surface area contributed by atoms with Crippen molar-refractivity contribution in [1.82, 2.24) is 0 Å². The summed E-state index contributed by atoms with van der Waals surface area (Å²) in [6.07, 6.45) is 2.47. The second-order valence-corrected chi connectivity index (χ2v) is 2.10. The van der Waals surface area contributed by atoms with Gasteiger partial charge in [0.1, 0.15) is 0 Å². The molecule has 3 N–H and O–H groups in total. The van der Waals surface area contributed by atoms with Crippen LogP contribution in [0.3, 0.4) is 0 Å². The first kappa shape index (κ1) is 6.29. The van der Waals surface area contributed by atoms with Gasteiger partial charge in [-0.25, -0.2) is 4.79 Å². The number of carboxylic acid groups (broad SMARTS) is 1. The van der Waals surface area contributed by atoms with Crippen molar-refractivity contribution >= 4 is 5.97 Å². The largest absolute Gasteiger partial charge is 0.478 e. The van der Waals surface area contributed by atoms with Crippen LogP contribution < -0.4 is 5.32 Å². The zero-order valence-electron chi connectivity index (χ0n) is 5.13. The van der Waals surface area contributed by atoms with Gasteiger partial charge in [0.05, 0.1) is 13.1 Å². The minimum atomic E-state index is -0.761. The van der Waals surface area contributed by atoms with E-state index in [0.29, 0.717) is 12.0 Å². The van der Waals surface area contributed by atoms with Crippen molar-refractivity contribution in [2.75, 3.05) is 13.1 Å². The minimum absolute atomic E-state index is 0.567. The Morgan fingerprint density at radius 3 is 2.89 bits per heavy atom. The lowest BCUT2D eigenvalue weighted by Gasteiger charge is -2.06. The average Bonchev–Trinajstić information content (AvgIpc) is 1.90. The molecule has 1 rings (SSSR count). The number of carbonyl (C=O) groups is 1. The maximum atomic E-state index is 10.3. The number of rotatable bonds is 1. The molecule has 0 aromatic rings. The molecule has 9 heavy (non-hydrogen) atoms. The van der Waals surface area contributed by atoms with Gasteiger partial charge in [0, 0.05) is 12.0 Å². The predicted molar refractivity (Wildman–Crippen MR) is 32.0 cm³/mol. The summed E-state index contributed by atoms with van der Waals surface area (Å²) in [6, 6.07) is 0. The van der Waals surface area contributed by atoms with Gasteiger partial charge in [-0.15, -0.1) is 0 Å². The summed E-state index contributed by atoms with van der Waals surface area (Å²) >= 11 is 0. The molecule has 0 atom stereocenters. The molecule has 0 unspecified atom stereocenters. The van der Waals surface area contributed by atoms with Crippen LogP contribution in [0, 0.1) is 0 Å². The Kier molecular flexibility index (Phi) is 1.85. The van der Waals surface area contributed by atoms with Crippen LogP contribution in [-0.4, -0.2) is 24.2 Å². The van der Waals surface area contributed by atoms with E-state index in [2.05, 4.69) is 5.32 Å². The fraction of sp³-hybridized carbons (Fsp3) is 0.500. The highest BCUT2D eigenvalue weighted by atomic mass is 16.4. The third kappa shape index (κ3) is 1.54. The highest BCUT2D eigenvalue weighted by molar-refractivity contribution is 5.86.